The first-order chi connectivity index (χ1) is 40.8. The van der Waals surface area contributed by atoms with Crippen molar-refractivity contribution in [2.45, 2.75) is 257 Å². The number of aliphatic hydroxyl groups excluding tert-OH is 17. The zero-order chi connectivity index (χ0) is 62.2. The van der Waals surface area contributed by atoms with Crippen LogP contribution >= 0.6 is 0 Å². The summed E-state index contributed by atoms with van der Waals surface area (Å²) in [6.07, 6.45) is -36.5. The van der Waals surface area contributed by atoms with Crippen LogP contribution in [0.2, 0.25) is 0 Å². The molecule has 17 N–H and O–H groups in total. The van der Waals surface area contributed by atoms with Crippen LogP contribution in [0, 0.1) is 52.3 Å². The molecule has 0 amide bonds. The Labute approximate surface area is 498 Å². The van der Waals surface area contributed by atoms with E-state index in [1.807, 2.05) is 6.92 Å². The minimum absolute atomic E-state index is 0.0314. The molecule has 86 heavy (non-hydrogen) atoms. The smallest absolute Gasteiger partial charge is 0.187 e. The average Bonchev–Trinajstić information content (AvgIpc) is 1.60. The molecular formula is C57H96O29. The quantitative estimate of drug-likeness (QED) is 0.0536. The summed E-state index contributed by atoms with van der Waals surface area (Å²) in [6.45, 7) is 5.32. The topological polar surface area (TPSA) is 455 Å². The van der Waals surface area contributed by atoms with Gasteiger partial charge in [-0.3, -0.25) is 0 Å². The molecule has 6 saturated heterocycles. The summed E-state index contributed by atoms with van der Waals surface area (Å²) >= 11 is 0. The number of hydrogen-bond donors (Lipinski definition) is 17. The highest BCUT2D eigenvalue weighted by Gasteiger charge is 2.69. The van der Waals surface area contributed by atoms with E-state index in [2.05, 4.69) is 20.8 Å². The Morgan fingerprint density at radius 3 is 1.73 bits per heavy atom. The van der Waals surface area contributed by atoms with Crippen molar-refractivity contribution in [2.75, 3.05) is 46.8 Å². The molecule has 0 aromatic heterocycles. The second-order valence-electron chi connectivity index (χ2n) is 27.0. The predicted molar refractivity (Wildman–Crippen MR) is 284 cm³/mol. The Kier molecular flexibility index (Phi) is 21.3. The monoisotopic (exact) mass is 1240 g/mol. The highest BCUT2D eigenvalue weighted by molar-refractivity contribution is 5.16. The van der Waals surface area contributed by atoms with E-state index < -0.39 is 198 Å². The SMILES string of the molecule is COC1(CCC(C)COC2OC(CO)C(O)C(O)C2O)OC2CC3C4CCC5CC(OC6OC(CO)C(OC7OC(CO)C(O)C(OC8OCC(O)C(O)C8O)C7OC7OC(CO)C(O)C(O)C7O)C(O)C6O)C(O)CC5(C)C4CCC3(C)C2C1C. The summed E-state index contributed by atoms with van der Waals surface area (Å²) in [5.74, 6) is 0.500. The maximum Gasteiger partial charge on any atom is 0.187 e. The molecule has 10 fully saturated rings. The number of ether oxygens (including phenoxy) is 12. The molecule has 29 nitrogen and oxygen atoms in total. The van der Waals surface area contributed by atoms with Crippen molar-refractivity contribution in [2.24, 2.45) is 52.3 Å². The van der Waals surface area contributed by atoms with Gasteiger partial charge in [0.25, 0.3) is 0 Å². The minimum atomic E-state index is -2.04. The summed E-state index contributed by atoms with van der Waals surface area (Å²) < 4.78 is 72.4. The zero-order valence-corrected chi connectivity index (χ0v) is 49.2. The predicted octanol–water partition coefficient (Wildman–Crippen LogP) is -5.87. The Bertz CT molecular complexity index is 2190. The molecule has 0 radical (unpaired) electrons. The minimum Gasteiger partial charge on any atom is -0.394 e. The fraction of sp³-hybridized carbons (Fsp3) is 1.00. The van der Waals surface area contributed by atoms with E-state index in [9.17, 15) is 86.8 Å². The summed E-state index contributed by atoms with van der Waals surface area (Å²) in [4.78, 5) is 0. The van der Waals surface area contributed by atoms with Crippen molar-refractivity contribution >= 4 is 0 Å². The number of methoxy groups -OCH3 is 1. The van der Waals surface area contributed by atoms with Crippen LogP contribution in [0.3, 0.4) is 0 Å². The molecular weight excluding hydrogens is 1150 g/mol. The molecule has 4 saturated carbocycles. The van der Waals surface area contributed by atoms with Crippen LogP contribution in [0.25, 0.3) is 0 Å². The first-order valence-electron chi connectivity index (χ1n) is 30.8. The van der Waals surface area contributed by atoms with Gasteiger partial charge in [-0.1, -0.05) is 27.7 Å². The third-order valence-corrected chi connectivity index (χ3v) is 22.2. The maximum atomic E-state index is 12.1. The van der Waals surface area contributed by atoms with Gasteiger partial charge in [-0.05, 0) is 97.7 Å². The van der Waals surface area contributed by atoms with Crippen molar-refractivity contribution in [3.05, 3.63) is 0 Å². The van der Waals surface area contributed by atoms with Gasteiger partial charge in [-0.2, -0.15) is 0 Å². The van der Waals surface area contributed by atoms with Crippen molar-refractivity contribution < 1.29 is 144 Å². The highest BCUT2D eigenvalue weighted by atomic mass is 16.8. The van der Waals surface area contributed by atoms with Crippen molar-refractivity contribution in [3.8, 4) is 0 Å². The van der Waals surface area contributed by atoms with Gasteiger partial charge in [-0.25, -0.2) is 0 Å². The fourth-order valence-electron chi connectivity index (χ4n) is 17.2. The Morgan fingerprint density at radius 2 is 1.08 bits per heavy atom. The van der Waals surface area contributed by atoms with E-state index in [-0.39, 0.29) is 53.1 Å². The van der Waals surface area contributed by atoms with E-state index >= 15 is 0 Å². The van der Waals surface area contributed by atoms with Gasteiger partial charge >= 0.3 is 0 Å². The molecule has 0 bridgehead atoms. The van der Waals surface area contributed by atoms with Gasteiger partial charge < -0.3 is 144 Å². The van der Waals surface area contributed by atoms with Gasteiger partial charge in [-0.15, -0.1) is 0 Å². The van der Waals surface area contributed by atoms with Crippen LogP contribution < -0.4 is 0 Å². The van der Waals surface area contributed by atoms with E-state index in [4.69, 9.17) is 56.8 Å². The van der Waals surface area contributed by atoms with Crippen molar-refractivity contribution in [1.29, 1.82) is 0 Å². The normalized spacial score (nSPS) is 55.3. The van der Waals surface area contributed by atoms with Crippen LogP contribution in [-0.2, 0) is 56.8 Å². The lowest BCUT2D eigenvalue weighted by atomic mass is 9.44. The lowest BCUT2D eigenvalue weighted by molar-refractivity contribution is -0.404. The van der Waals surface area contributed by atoms with E-state index in [1.165, 1.54) is 0 Å². The first kappa shape index (κ1) is 67.7. The Morgan fingerprint density at radius 1 is 0.523 bits per heavy atom. The molecule has 4 aliphatic carbocycles. The standard InChI is InChI=1S/C57H96O29/c1-21(19-76-50-44(72)40(68)37(65)31(15-58)79-50)8-11-57(75-5)22(2)35-30(86-57)13-26-24-7-6-23-12-29(27(62)14-56(23,4)25(24)9-10-55(26,35)3)78-52-46(74)42(70)47(34(18-61)82-52)83-54-49(85-53-45(73)41(69)38(66)32(16-59)80-53)48(39(67)33(17-60)81-54)84-51-43(71)36(64)28(63)20-77-51/h21-54,58-74H,6-20H2,1-5H3. The van der Waals surface area contributed by atoms with E-state index in [0.29, 0.717) is 37.5 Å². The van der Waals surface area contributed by atoms with Crippen LogP contribution in [-0.4, -0.2) is 305 Å². The van der Waals surface area contributed by atoms with Gasteiger partial charge in [0.2, 0.25) is 0 Å². The van der Waals surface area contributed by atoms with Gasteiger partial charge in [0.15, 0.2) is 37.2 Å². The molecule has 29 heteroatoms. The second kappa shape index (κ2) is 27.1. The van der Waals surface area contributed by atoms with E-state index in [0.717, 1.165) is 32.1 Å². The van der Waals surface area contributed by atoms with Crippen LogP contribution in [0.15, 0.2) is 0 Å². The van der Waals surface area contributed by atoms with Crippen LogP contribution in [0.1, 0.15) is 85.5 Å². The molecule has 6 heterocycles. The molecule has 0 spiro atoms. The first-order valence-corrected chi connectivity index (χ1v) is 30.8. The summed E-state index contributed by atoms with van der Waals surface area (Å²) in [6, 6.07) is 0. The van der Waals surface area contributed by atoms with Gasteiger partial charge in [0.05, 0.1) is 58.0 Å². The molecule has 10 rings (SSSR count). The Balaban J connectivity index is 0.776. The number of rotatable bonds is 19. The van der Waals surface area contributed by atoms with Crippen LogP contribution in [0.4, 0.5) is 0 Å². The maximum absolute atomic E-state index is 12.1. The number of aliphatic hydroxyl groups is 17. The van der Waals surface area contributed by atoms with E-state index in [1.54, 1.807) is 7.11 Å². The van der Waals surface area contributed by atoms with Crippen LogP contribution in [0.5, 0.6) is 0 Å². The highest BCUT2D eigenvalue weighted by Crippen LogP contribution is 2.71. The number of hydrogen-bond acceptors (Lipinski definition) is 29. The second-order valence-corrected chi connectivity index (χ2v) is 27.0. The molecule has 10 aliphatic rings. The Hall–Kier alpha value is -1.16. The summed E-state index contributed by atoms with van der Waals surface area (Å²) in [5.41, 5.74) is -0.332. The molecule has 6 aliphatic heterocycles. The molecule has 37 unspecified atom stereocenters. The summed E-state index contributed by atoms with van der Waals surface area (Å²) in [5, 5.41) is 182. The van der Waals surface area contributed by atoms with Crippen molar-refractivity contribution in [1.82, 2.24) is 0 Å². The molecule has 0 aromatic rings. The average molecular weight is 1250 g/mol. The third-order valence-electron chi connectivity index (χ3n) is 22.2. The zero-order valence-electron chi connectivity index (χ0n) is 49.2. The lowest BCUT2D eigenvalue weighted by Gasteiger charge is -2.62. The molecule has 37 atom stereocenters. The fourth-order valence-corrected chi connectivity index (χ4v) is 17.2. The largest absolute Gasteiger partial charge is 0.394 e. The van der Waals surface area contributed by atoms with Crippen molar-refractivity contribution in [3.63, 3.8) is 0 Å². The molecule has 498 valence electrons. The van der Waals surface area contributed by atoms with Gasteiger partial charge in [0, 0.05) is 19.4 Å². The third kappa shape index (κ3) is 12.2. The number of fused-ring (bicyclic) bond motifs is 7. The lowest BCUT2D eigenvalue weighted by Crippen LogP contribution is -2.68. The summed E-state index contributed by atoms with van der Waals surface area (Å²) in [7, 11) is 1.69. The van der Waals surface area contributed by atoms with Gasteiger partial charge in [0.1, 0.15) is 116 Å². The molecule has 0 aromatic carbocycles.